The van der Waals surface area contributed by atoms with Crippen LogP contribution in [0.4, 0.5) is 17.2 Å². The molecule has 4 aromatic rings. The second-order valence-corrected chi connectivity index (χ2v) is 6.87. The maximum atomic E-state index is 10.7. The molecule has 2 aromatic heterocycles. The molecule has 3 N–H and O–H groups in total. The van der Waals surface area contributed by atoms with Gasteiger partial charge in [0.25, 0.3) is 5.69 Å². The van der Waals surface area contributed by atoms with E-state index in [4.69, 9.17) is 0 Å². The molecular weight excluding hydrogens is 408 g/mol. The van der Waals surface area contributed by atoms with Crippen molar-refractivity contribution < 1.29 is 10.0 Å². The molecular formula is C23H20N6O3. The molecule has 9 heteroatoms. The Morgan fingerprint density at radius 1 is 0.906 bits per heavy atom. The standard InChI is InChI=1S/C23H20N6O3/c30-18-8-5-16(6-9-18)20-11-12-26-23(28-20)19-3-1-2-4-21(19)24-13-14-25-22-10-7-17(15-27-22)29(31)32/h1-12,15,24,30H,13-14H2,(H,25,27). The summed E-state index contributed by atoms with van der Waals surface area (Å²) in [4.78, 5) is 23.4. The SMILES string of the molecule is O=[N+]([O-])c1ccc(NCCNc2ccccc2-c2nccc(-c3ccc(O)cc3)n2)nc1. The van der Waals surface area contributed by atoms with Crippen LogP contribution in [-0.2, 0) is 0 Å². The van der Waals surface area contributed by atoms with E-state index in [2.05, 4.69) is 25.6 Å². The van der Waals surface area contributed by atoms with Crippen LogP contribution in [0.5, 0.6) is 5.75 Å². The van der Waals surface area contributed by atoms with Crippen molar-refractivity contribution in [2.24, 2.45) is 0 Å². The summed E-state index contributed by atoms with van der Waals surface area (Å²) >= 11 is 0. The number of rotatable bonds is 8. The third-order valence-corrected chi connectivity index (χ3v) is 4.69. The first-order chi connectivity index (χ1) is 15.6. The monoisotopic (exact) mass is 428 g/mol. The lowest BCUT2D eigenvalue weighted by atomic mass is 10.1. The van der Waals surface area contributed by atoms with E-state index in [1.54, 1.807) is 24.4 Å². The van der Waals surface area contributed by atoms with Crippen molar-refractivity contribution >= 4 is 17.2 Å². The van der Waals surface area contributed by atoms with Crippen LogP contribution in [0.3, 0.4) is 0 Å². The molecule has 2 aromatic carbocycles. The smallest absolute Gasteiger partial charge is 0.287 e. The number of anilines is 2. The zero-order valence-corrected chi connectivity index (χ0v) is 17.0. The molecule has 0 radical (unpaired) electrons. The van der Waals surface area contributed by atoms with Crippen molar-refractivity contribution in [2.75, 3.05) is 23.7 Å². The number of phenolic OH excluding ortho intramolecular Hbond substituents is 1. The maximum absolute atomic E-state index is 10.7. The van der Waals surface area contributed by atoms with Gasteiger partial charge in [0.05, 0.1) is 10.6 Å². The van der Waals surface area contributed by atoms with Crippen LogP contribution >= 0.6 is 0 Å². The van der Waals surface area contributed by atoms with Crippen molar-refractivity contribution in [3.8, 4) is 28.4 Å². The number of nitro groups is 1. The summed E-state index contributed by atoms with van der Waals surface area (Å²) in [6.45, 7) is 1.15. The minimum Gasteiger partial charge on any atom is -0.508 e. The molecule has 0 amide bonds. The number of nitrogens with zero attached hydrogens (tertiary/aromatic N) is 4. The first-order valence-electron chi connectivity index (χ1n) is 9.90. The number of nitrogens with one attached hydrogen (secondary N) is 2. The Morgan fingerprint density at radius 3 is 2.44 bits per heavy atom. The van der Waals surface area contributed by atoms with Gasteiger partial charge in [0, 0.05) is 42.2 Å². The second-order valence-electron chi connectivity index (χ2n) is 6.87. The Hall–Kier alpha value is -4.53. The van der Waals surface area contributed by atoms with Gasteiger partial charge in [-0.15, -0.1) is 0 Å². The van der Waals surface area contributed by atoms with E-state index in [1.807, 2.05) is 42.5 Å². The fraction of sp³-hybridized carbons (Fsp3) is 0.0870. The molecule has 0 saturated heterocycles. The van der Waals surface area contributed by atoms with E-state index in [0.717, 1.165) is 22.5 Å². The zero-order valence-electron chi connectivity index (χ0n) is 17.0. The highest BCUT2D eigenvalue weighted by molar-refractivity contribution is 5.74. The molecule has 2 heterocycles. The Labute approximate surface area is 184 Å². The Kier molecular flexibility index (Phi) is 6.17. The van der Waals surface area contributed by atoms with Crippen molar-refractivity contribution in [3.05, 3.63) is 89.2 Å². The highest BCUT2D eigenvalue weighted by Gasteiger charge is 2.09. The predicted molar refractivity (Wildman–Crippen MR) is 122 cm³/mol. The van der Waals surface area contributed by atoms with Gasteiger partial charge in [0.2, 0.25) is 0 Å². The summed E-state index contributed by atoms with van der Waals surface area (Å²) in [5.74, 6) is 1.36. The van der Waals surface area contributed by atoms with Crippen molar-refractivity contribution in [1.29, 1.82) is 0 Å². The van der Waals surface area contributed by atoms with E-state index in [9.17, 15) is 15.2 Å². The Balaban J connectivity index is 1.43. The van der Waals surface area contributed by atoms with Gasteiger partial charge in [0.15, 0.2) is 5.82 Å². The summed E-state index contributed by atoms with van der Waals surface area (Å²) in [5, 5.41) is 26.7. The number of hydrogen-bond donors (Lipinski definition) is 3. The number of benzene rings is 2. The molecule has 0 saturated carbocycles. The maximum Gasteiger partial charge on any atom is 0.287 e. The summed E-state index contributed by atoms with van der Waals surface area (Å²) in [6, 6.07) is 19.4. The molecule has 32 heavy (non-hydrogen) atoms. The number of para-hydroxylation sites is 1. The van der Waals surface area contributed by atoms with Gasteiger partial charge in [-0.2, -0.15) is 0 Å². The van der Waals surface area contributed by atoms with Gasteiger partial charge >= 0.3 is 0 Å². The quantitative estimate of drug-likeness (QED) is 0.215. The zero-order chi connectivity index (χ0) is 22.3. The third-order valence-electron chi connectivity index (χ3n) is 4.69. The molecule has 0 aliphatic heterocycles. The van der Waals surface area contributed by atoms with Crippen molar-refractivity contribution in [1.82, 2.24) is 15.0 Å². The number of hydrogen-bond acceptors (Lipinski definition) is 8. The highest BCUT2D eigenvalue weighted by Crippen LogP contribution is 2.27. The molecule has 0 fully saturated rings. The average Bonchev–Trinajstić information content (AvgIpc) is 2.83. The van der Waals surface area contributed by atoms with Crippen LogP contribution in [0.2, 0.25) is 0 Å². The van der Waals surface area contributed by atoms with Crippen LogP contribution in [0, 0.1) is 10.1 Å². The summed E-state index contributed by atoms with van der Waals surface area (Å²) in [7, 11) is 0. The molecule has 0 aliphatic rings. The summed E-state index contributed by atoms with van der Waals surface area (Å²) in [5.41, 5.74) is 3.35. The van der Waals surface area contributed by atoms with Gasteiger partial charge < -0.3 is 15.7 Å². The van der Waals surface area contributed by atoms with Crippen molar-refractivity contribution in [3.63, 3.8) is 0 Å². The Morgan fingerprint density at radius 2 is 1.69 bits per heavy atom. The summed E-state index contributed by atoms with van der Waals surface area (Å²) in [6.07, 6.45) is 2.94. The van der Waals surface area contributed by atoms with E-state index < -0.39 is 4.92 Å². The lowest BCUT2D eigenvalue weighted by molar-refractivity contribution is -0.385. The van der Waals surface area contributed by atoms with Gasteiger partial charge in [-0.05, 0) is 48.5 Å². The average molecular weight is 428 g/mol. The molecule has 0 unspecified atom stereocenters. The molecule has 0 spiro atoms. The van der Waals surface area contributed by atoms with Crippen LogP contribution in [0.25, 0.3) is 22.6 Å². The third kappa shape index (κ3) is 4.96. The number of aromatic hydroxyl groups is 1. The van der Waals surface area contributed by atoms with Crippen LogP contribution < -0.4 is 10.6 Å². The fourth-order valence-electron chi connectivity index (χ4n) is 3.10. The number of pyridine rings is 1. The minimum absolute atomic E-state index is 0.0443. The number of phenols is 1. The molecule has 160 valence electrons. The largest absolute Gasteiger partial charge is 0.508 e. The predicted octanol–water partition coefficient (Wildman–Crippen LogP) is 4.34. The molecule has 0 aliphatic carbocycles. The van der Waals surface area contributed by atoms with Gasteiger partial charge in [-0.3, -0.25) is 10.1 Å². The molecule has 4 rings (SSSR count). The van der Waals surface area contributed by atoms with Gasteiger partial charge in [-0.25, -0.2) is 15.0 Å². The van der Waals surface area contributed by atoms with E-state index in [0.29, 0.717) is 24.7 Å². The molecule has 0 bridgehead atoms. The second kappa shape index (κ2) is 9.52. The first kappa shape index (κ1) is 20.7. The first-order valence-corrected chi connectivity index (χ1v) is 9.90. The lowest BCUT2D eigenvalue weighted by Gasteiger charge is -2.12. The molecule has 0 atom stereocenters. The molecule has 9 nitrogen and oxygen atoms in total. The normalized spacial score (nSPS) is 10.5. The summed E-state index contributed by atoms with van der Waals surface area (Å²) < 4.78 is 0. The van der Waals surface area contributed by atoms with E-state index in [1.165, 1.54) is 12.3 Å². The van der Waals surface area contributed by atoms with Gasteiger partial charge in [0.1, 0.15) is 17.8 Å². The highest BCUT2D eigenvalue weighted by atomic mass is 16.6. The van der Waals surface area contributed by atoms with Crippen LogP contribution in [0.1, 0.15) is 0 Å². The van der Waals surface area contributed by atoms with Crippen LogP contribution in [0.15, 0.2) is 79.1 Å². The van der Waals surface area contributed by atoms with E-state index in [-0.39, 0.29) is 11.4 Å². The minimum atomic E-state index is -0.478. The fourth-order valence-corrected chi connectivity index (χ4v) is 3.10. The topological polar surface area (TPSA) is 126 Å². The van der Waals surface area contributed by atoms with Crippen molar-refractivity contribution in [2.45, 2.75) is 0 Å². The van der Waals surface area contributed by atoms with E-state index >= 15 is 0 Å². The lowest BCUT2D eigenvalue weighted by Crippen LogP contribution is -2.14. The Bertz CT molecular complexity index is 1210. The van der Waals surface area contributed by atoms with Crippen LogP contribution in [-0.4, -0.2) is 38.1 Å². The van der Waals surface area contributed by atoms with Gasteiger partial charge in [-0.1, -0.05) is 12.1 Å². The number of aromatic nitrogens is 3.